The summed E-state index contributed by atoms with van der Waals surface area (Å²) in [5, 5.41) is 12.2. The van der Waals surface area contributed by atoms with Crippen molar-refractivity contribution in [2.24, 2.45) is 11.8 Å². The summed E-state index contributed by atoms with van der Waals surface area (Å²) in [5.74, 6) is 0.545. The van der Waals surface area contributed by atoms with Crippen molar-refractivity contribution in [3.8, 4) is 0 Å². The second-order valence-electron chi connectivity index (χ2n) is 4.28. The van der Waals surface area contributed by atoms with Gasteiger partial charge in [0, 0.05) is 26.7 Å². The zero-order valence-corrected chi connectivity index (χ0v) is 10.1. The minimum atomic E-state index is 0.00395. The zero-order valence-electron chi connectivity index (χ0n) is 10.1. The van der Waals surface area contributed by atoms with Gasteiger partial charge in [0.2, 0.25) is 5.91 Å². The summed E-state index contributed by atoms with van der Waals surface area (Å²) in [7, 11) is 1.61. The van der Waals surface area contributed by atoms with Gasteiger partial charge in [0.25, 0.3) is 0 Å². The number of methoxy groups -OCH3 is 1. The van der Waals surface area contributed by atoms with Gasteiger partial charge in [-0.1, -0.05) is 6.92 Å². The van der Waals surface area contributed by atoms with Crippen LogP contribution in [-0.4, -0.2) is 62.4 Å². The van der Waals surface area contributed by atoms with Crippen LogP contribution < -0.4 is 5.32 Å². The molecule has 1 aliphatic heterocycles. The zero-order chi connectivity index (χ0) is 12.0. The molecule has 94 valence electrons. The van der Waals surface area contributed by atoms with E-state index in [-0.39, 0.29) is 18.4 Å². The molecule has 16 heavy (non-hydrogen) atoms. The number of carbonyl (C=O) groups is 1. The fourth-order valence-electron chi connectivity index (χ4n) is 2.03. The Kier molecular flexibility index (Phi) is 5.73. The highest BCUT2D eigenvalue weighted by atomic mass is 16.5. The first-order valence-corrected chi connectivity index (χ1v) is 5.80. The minimum absolute atomic E-state index is 0.00395. The highest BCUT2D eigenvalue weighted by Crippen LogP contribution is 2.18. The van der Waals surface area contributed by atoms with E-state index in [0.29, 0.717) is 25.6 Å². The third kappa shape index (κ3) is 3.43. The van der Waals surface area contributed by atoms with Crippen molar-refractivity contribution in [3.05, 3.63) is 0 Å². The number of hydrogen-bond donors (Lipinski definition) is 2. The molecule has 2 N–H and O–H groups in total. The Balaban J connectivity index is 2.51. The molecule has 0 saturated carbocycles. The van der Waals surface area contributed by atoms with Crippen LogP contribution in [0.5, 0.6) is 0 Å². The predicted octanol–water partition coefficient (Wildman–Crippen LogP) is -0.691. The number of aliphatic hydroxyl groups is 1. The molecule has 0 spiro atoms. The van der Waals surface area contributed by atoms with Crippen LogP contribution in [0.4, 0.5) is 0 Å². The molecule has 1 fully saturated rings. The molecule has 0 aromatic rings. The lowest BCUT2D eigenvalue weighted by molar-refractivity contribution is -0.137. The van der Waals surface area contributed by atoms with E-state index in [1.165, 1.54) is 0 Å². The molecule has 1 rings (SSSR count). The molecule has 0 aromatic carbocycles. The van der Waals surface area contributed by atoms with E-state index >= 15 is 0 Å². The highest BCUT2D eigenvalue weighted by Gasteiger charge is 2.32. The monoisotopic (exact) mass is 230 g/mol. The van der Waals surface area contributed by atoms with Crippen molar-refractivity contribution in [1.82, 2.24) is 10.2 Å². The molecule has 0 bridgehead atoms. The quantitative estimate of drug-likeness (QED) is 0.634. The molecule has 0 radical (unpaired) electrons. The Hall–Kier alpha value is -0.650. The van der Waals surface area contributed by atoms with Crippen molar-refractivity contribution in [2.45, 2.75) is 6.92 Å². The fraction of sp³-hybridized carbons (Fsp3) is 0.909. The van der Waals surface area contributed by atoms with Crippen LogP contribution in [0.2, 0.25) is 0 Å². The second kappa shape index (κ2) is 6.83. The summed E-state index contributed by atoms with van der Waals surface area (Å²) in [6.07, 6.45) is 0. The third-order valence-corrected chi connectivity index (χ3v) is 3.08. The lowest BCUT2D eigenvalue weighted by Gasteiger charge is -2.26. The van der Waals surface area contributed by atoms with Crippen LogP contribution in [0.1, 0.15) is 6.92 Å². The minimum Gasteiger partial charge on any atom is -0.395 e. The summed E-state index contributed by atoms with van der Waals surface area (Å²) in [5.41, 5.74) is 0. The number of nitrogens with zero attached hydrogens (tertiary/aromatic N) is 1. The van der Waals surface area contributed by atoms with Gasteiger partial charge in [-0.25, -0.2) is 0 Å². The molecule has 1 saturated heterocycles. The SMILES string of the molecule is COCCN(CCO)C(=O)C1CNCC1C. The number of nitrogens with one attached hydrogen (secondary N) is 1. The Morgan fingerprint density at radius 3 is 2.75 bits per heavy atom. The summed E-state index contributed by atoms with van der Waals surface area (Å²) < 4.78 is 4.97. The first kappa shape index (κ1) is 13.4. The van der Waals surface area contributed by atoms with Crippen LogP contribution in [0, 0.1) is 11.8 Å². The van der Waals surface area contributed by atoms with Gasteiger partial charge in [-0.15, -0.1) is 0 Å². The molecule has 0 aliphatic carbocycles. The number of hydrogen-bond acceptors (Lipinski definition) is 4. The van der Waals surface area contributed by atoms with Gasteiger partial charge in [0.05, 0.1) is 19.1 Å². The molecule has 1 aliphatic rings. The van der Waals surface area contributed by atoms with Gasteiger partial charge in [-0.2, -0.15) is 0 Å². The average Bonchev–Trinajstić information content (AvgIpc) is 2.69. The normalized spacial score (nSPS) is 24.7. The molecule has 2 atom stereocenters. The van der Waals surface area contributed by atoms with E-state index in [1.807, 2.05) is 0 Å². The largest absolute Gasteiger partial charge is 0.395 e. The fourth-order valence-corrected chi connectivity index (χ4v) is 2.03. The maximum absolute atomic E-state index is 12.2. The van der Waals surface area contributed by atoms with Crippen molar-refractivity contribution in [1.29, 1.82) is 0 Å². The molecule has 2 unspecified atom stereocenters. The number of carbonyl (C=O) groups excluding carboxylic acids is 1. The topological polar surface area (TPSA) is 61.8 Å². The number of amides is 1. The van der Waals surface area contributed by atoms with Crippen LogP contribution in [0.3, 0.4) is 0 Å². The van der Waals surface area contributed by atoms with Gasteiger partial charge in [0.1, 0.15) is 0 Å². The molecule has 0 aromatic heterocycles. The van der Waals surface area contributed by atoms with Gasteiger partial charge in [-0.3, -0.25) is 4.79 Å². The summed E-state index contributed by atoms with van der Waals surface area (Å²) in [6, 6.07) is 0. The third-order valence-electron chi connectivity index (χ3n) is 3.08. The van der Waals surface area contributed by atoms with Gasteiger partial charge >= 0.3 is 0 Å². The Morgan fingerprint density at radius 1 is 1.50 bits per heavy atom. The summed E-state index contributed by atoms with van der Waals surface area (Å²) in [4.78, 5) is 13.9. The lowest BCUT2D eigenvalue weighted by atomic mass is 9.96. The predicted molar refractivity (Wildman–Crippen MR) is 61.1 cm³/mol. The van der Waals surface area contributed by atoms with Crippen LogP contribution >= 0.6 is 0 Å². The molecular formula is C11H22N2O3. The number of rotatable bonds is 6. The van der Waals surface area contributed by atoms with Crippen LogP contribution in [0.25, 0.3) is 0 Å². The first-order chi connectivity index (χ1) is 7.70. The molecule has 1 heterocycles. The van der Waals surface area contributed by atoms with E-state index in [4.69, 9.17) is 9.84 Å². The van der Waals surface area contributed by atoms with Crippen molar-refractivity contribution >= 4 is 5.91 Å². The second-order valence-corrected chi connectivity index (χ2v) is 4.28. The molecular weight excluding hydrogens is 208 g/mol. The van der Waals surface area contributed by atoms with Crippen molar-refractivity contribution < 1.29 is 14.6 Å². The Morgan fingerprint density at radius 2 is 2.25 bits per heavy atom. The van der Waals surface area contributed by atoms with Crippen LogP contribution in [0.15, 0.2) is 0 Å². The first-order valence-electron chi connectivity index (χ1n) is 5.80. The molecule has 1 amide bonds. The van der Waals surface area contributed by atoms with Gasteiger partial charge < -0.3 is 20.1 Å². The smallest absolute Gasteiger partial charge is 0.227 e. The van der Waals surface area contributed by atoms with E-state index in [9.17, 15) is 4.79 Å². The number of ether oxygens (including phenoxy) is 1. The Labute approximate surface area is 96.8 Å². The molecule has 5 nitrogen and oxygen atoms in total. The maximum Gasteiger partial charge on any atom is 0.227 e. The molecule has 5 heteroatoms. The van der Waals surface area contributed by atoms with E-state index in [0.717, 1.165) is 13.1 Å². The van der Waals surface area contributed by atoms with Crippen LogP contribution in [-0.2, 0) is 9.53 Å². The Bertz CT molecular complexity index is 223. The summed E-state index contributed by atoms with van der Waals surface area (Å²) >= 11 is 0. The van der Waals surface area contributed by atoms with E-state index in [1.54, 1.807) is 12.0 Å². The van der Waals surface area contributed by atoms with Crippen molar-refractivity contribution in [3.63, 3.8) is 0 Å². The standard InChI is InChI=1S/C11H22N2O3/c1-9-7-12-8-10(9)11(15)13(3-5-14)4-6-16-2/h9-10,12,14H,3-8H2,1-2H3. The highest BCUT2D eigenvalue weighted by molar-refractivity contribution is 5.79. The van der Waals surface area contributed by atoms with E-state index < -0.39 is 0 Å². The summed E-state index contributed by atoms with van der Waals surface area (Å²) in [6.45, 7) is 5.19. The number of aliphatic hydroxyl groups excluding tert-OH is 1. The van der Waals surface area contributed by atoms with Gasteiger partial charge in [-0.05, 0) is 12.5 Å². The maximum atomic E-state index is 12.2. The lowest BCUT2D eigenvalue weighted by Crippen LogP contribution is -2.42. The van der Waals surface area contributed by atoms with Crippen molar-refractivity contribution in [2.75, 3.05) is 46.5 Å². The van der Waals surface area contributed by atoms with E-state index in [2.05, 4.69) is 12.2 Å². The van der Waals surface area contributed by atoms with Gasteiger partial charge in [0.15, 0.2) is 0 Å². The average molecular weight is 230 g/mol.